The minimum Gasteiger partial charge on any atom is -0.322 e. The molecule has 0 bridgehead atoms. The molecule has 0 aliphatic heterocycles. The summed E-state index contributed by atoms with van der Waals surface area (Å²) in [5.74, 6) is -1.56. The van der Waals surface area contributed by atoms with Crippen molar-refractivity contribution < 1.29 is 17.6 Å². The van der Waals surface area contributed by atoms with Crippen LogP contribution in [-0.2, 0) is 9.84 Å². The highest BCUT2D eigenvalue weighted by Crippen LogP contribution is 2.20. The van der Waals surface area contributed by atoms with Crippen LogP contribution in [0.25, 0.3) is 0 Å². The molecule has 0 atom stereocenters. The Morgan fingerprint density at radius 2 is 1.75 bits per heavy atom. The fraction of sp³-hybridized carbons (Fsp3) is 0.0625. The van der Waals surface area contributed by atoms with Gasteiger partial charge in [0.05, 0.1) is 33.7 Å². The Labute approximate surface area is 137 Å². The second-order valence-corrected chi connectivity index (χ2v) is 6.87. The fourth-order valence-corrected chi connectivity index (χ4v) is 2.89. The predicted molar refractivity (Wildman–Crippen MR) is 83.3 cm³/mol. The Morgan fingerprint density at radius 3 is 2.33 bits per heavy atom. The maximum absolute atomic E-state index is 13.4. The molecule has 0 fully saturated rings. The number of nitrogens with one attached hydrogen (secondary N) is 1. The van der Waals surface area contributed by atoms with Gasteiger partial charge in [-0.2, -0.15) is 10.5 Å². The predicted octanol–water partition coefficient (Wildman–Crippen LogP) is 2.22. The number of nitriles is 2. The monoisotopic (exact) mass is 343 g/mol. The number of amides is 1. The second-order valence-electron chi connectivity index (χ2n) is 4.89. The molecule has 0 heterocycles. The Hall–Kier alpha value is -3.23. The van der Waals surface area contributed by atoms with E-state index in [0.29, 0.717) is 0 Å². The number of benzene rings is 2. The number of sulfone groups is 1. The highest BCUT2D eigenvalue weighted by molar-refractivity contribution is 7.90. The van der Waals surface area contributed by atoms with Gasteiger partial charge in [-0.15, -0.1) is 0 Å². The summed E-state index contributed by atoms with van der Waals surface area (Å²) in [6.45, 7) is 0. The van der Waals surface area contributed by atoms with Crippen LogP contribution in [0.15, 0.2) is 41.3 Å². The van der Waals surface area contributed by atoms with Gasteiger partial charge in [-0.25, -0.2) is 12.8 Å². The summed E-state index contributed by atoms with van der Waals surface area (Å²) in [6.07, 6.45) is 0.932. The number of halogens is 1. The summed E-state index contributed by atoms with van der Waals surface area (Å²) >= 11 is 0. The first-order valence-corrected chi connectivity index (χ1v) is 8.40. The first-order valence-electron chi connectivity index (χ1n) is 6.51. The number of nitrogens with zero attached hydrogens (tertiary/aromatic N) is 2. The molecule has 0 unspecified atom stereocenters. The normalized spacial score (nSPS) is 10.5. The summed E-state index contributed by atoms with van der Waals surface area (Å²) in [5, 5.41) is 20.1. The average molecular weight is 343 g/mol. The van der Waals surface area contributed by atoms with E-state index in [1.165, 1.54) is 12.1 Å². The highest BCUT2D eigenvalue weighted by atomic mass is 32.2. The molecular formula is C16H10FN3O3S. The van der Waals surface area contributed by atoms with Crippen molar-refractivity contribution in [3.05, 3.63) is 58.9 Å². The zero-order valence-corrected chi connectivity index (χ0v) is 13.2. The molecule has 24 heavy (non-hydrogen) atoms. The van der Waals surface area contributed by atoms with Crippen molar-refractivity contribution in [3.63, 3.8) is 0 Å². The van der Waals surface area contributed by atoms with E-state index in [1.54, 1.807) is 6.07 Å². The molecule has 0 radical (unpaired) electrons. The van der Waals surface area contributed by atoms with Crippen LogP contribution in [0.3, 0.4) is 0 Å². The van der Waals surface area contributed by atoms with Gasteiger partial charge in [0.15, 0.2) is 9.84 Å². The Bertz CT molecular complexity index is 1020. The molecule has 8 heteroatoms. The quantitative estimate of drug-likeness (QED) is 0.918. The van der Waals surface area contributed by atoms with Crippen molar-refractivity contribution in [3.8, 4) is 12.1 Å². The van der Waals surface area contributed by atoms with E-state index in [1.807, 2.05) is 6.07 Å². The Morgan fingerprint density at radius 1 is 1.08 bits per heavy atom. The first-order chi connectivity index (χ1) is 11.2. The molecule has 0 saturated heterocycles. The standard InChI is InChI=1S/C16H10FN3O3S/c1-24(22,23)15-3-2-10(8-18)6-14(15)16(21)20-13-5-11(9-19)4-12(17)7-13/h2-7H,1H3,(H,20,21). The zero-order chi connectivity index (χ0) is 17.9. The molecule has 2 rings (SSSR count). The van der Waals surface area contributed by atoms with Gasteiger partial charge in [-0.3, -0.25) is 4.79 Å². The van der Waals surface area contributed by atoms with E-state index in [0.717, 1.165) is 30.5 Å². The summed E-state index contributed by atoms with van der Waals surface area (Å²) in [5.41, 5.74) is -0.137. The zero-order valence-electron chi connectivity index (χ0n) is 12.4. The van der Waals surface area contributed by atoms with Gasteiger partial charge in [0.2, 0.25) is 0 Å². The number of carbonyl (C=O) groups is 1. The van der Waals surface area contributed by atoms with Crippen LogP contribution in [-0.4, -0.2) is 20.6 Å². The maximum atomic E-state index is 13.4. The molecule has 120 valence electrons. The maximum Gasteiger partial charge on any atom is 0.257 e. The number of carbonyl (C=O) groups excluding carboxylic acids is 1. The number of anilines is 1. The van der Waals surface area contributed by atoms with E-state index < -0.39 is 21.6 Å². The van der Waals surface area contributed by atoms with Gasteiger partial charge in [0, 0.05) is 11.9 Å². The van der Waals surface area contributed by atoms with Crippen LogP contribution in [0, 0.1) is 28.5 Å². The lowest BCUT2D eigenvalue weighted by Crippen LogP contribution is -2.16. The molecule has 2 aromatic rings. The van der Waals surface area contributed by atoms with E-state index in [4.69, 9.17) is 10.5 Å². The topological polar surface area (TPSA) is 111 Å². The van der Waals surface area contributed by atoms with Crippen LogP contribution in [0.5, 0.6) is 0 Å². The van der Waals surface area contributed by atoms with E-state index >= 15 is 0 Å². The van der Waals surface area contributed by atoms with Gasteiger partial charge < -0.3 is 5.32 Å². The van der Waals surface area contributed by atoms with Gasteiger partial charge in [-0.05, 0) is 36.4 Å². The molecular weight excluding hydrogens is 333 g/mol. The Kier molecular flexibility index (Phi) is 4.63. The molecule has 0 spiro atoms. The molecule has 2 aromatic carbocycles. The molecule has 0 aliphatic carbocycles. The third kappa shape index (κ3) is 3.75. The van der Waals surface area contributed by atoms with Crippen molar-refractivity contribution in [2.24, 2.45) is 0 Å². The van der Waals surface area contributed by atoms with Crippen molar-refractivity contribution in [2.45, 2.75) is 4.90 Å². The van der Waals surface area contributed by atoms with Crippen molar-refractivity contribution in [2.75, 3.05) is 11.6 Å². The van der Waals surface area contributed by atoms with Gasteiger partial charge >= 0.3 is 0 Å². The minimum atomic E-state index is -3.71. The van der Waals surface area contributed by atoms with Crippen LogP contribution in [0.1, 0.15) is 21.5 Å². The van der Waals surface area contributed by atoms with Crippen LogP contribution < -0.4 is 5.32 Å². The number of rotatable bonds is 3. The number of hydrogen-bond donors (Lipinski definition) is 1. The highest BCUT2D eigenvalue weighted by Gasteiger charge is 2.20. The van der Waals surface area contributed by atoms with E-state index in [2.05, 4.69) is 5.32 Å². The third-order valence-electron chi connectivity index (χ3n) is 3.04. The average Bonchev–Trinajstić information content (AvgIpc) is 2.52. The fourth-order valence-electron chi connectivity index (χ4n) is 2.03. The van der Waals surface area contributed by atoms with Crippen molar-refractivity contribution in [1.29, 1.82) is 10.5 Å². The lowest BCUT2D eigenvalue weighted by Gasteiger charge is -2.10. The van der Waals surface area contributed by atoms with E-state index in [-0.39, 0.29) is 27.3 Å². The molecule has 0 aromatic heterocycles. The van der Waals surface area contributed by atoms with E-state index in [9.17, 15) is 17.6 Å². The second kappa shape index (κ2) is 6.49. The van der Waals surface area contributed by atoms with Gasteiger partial charge in [-0.1, -0.05) is 0 Å². The SMILES string of the molecule is CS(=O)(=O)c1ccc(C#N)cc1C(=O)Nc1cc(F)cc(C#N)c1. The smallest absolute Gasteiger partial charge is 0.257 e. The molecule has 0 saturated carbocycles. The van der Waals surface area contributed by atoms with Crippen LogP contribution in [0.2, 0.25) is 0 Å². The van der Waals surface area contributed by atoms with Crippen molar-refractivity contribution >= 4 is 21.4 Å². The van der Waals surface area contributed by atoms with Crippen LogP contribution >= 0.6 is 0 Å². The molecule has 1 amide bonds. The molecule has 1 N–H and O–H groups in total. The van der Waals surface area contributed by atoms with Crippen LogP contribution in [0.4, 0.5) is 10.1 Å². The lowest BCUT2D eigenvalue weighted by molar-refractivity contribution is 0.102. The Balaban J connectivity index is 2.49. The molecule has 0 aliphatic rings. The summed E-state index contributed by atoms with van der Waals surface area (Å²) in [4.78, 5) is 12.1. The minimum absolute atomic E-state index is 0.000544. The molecule has 6 nitrogen and oxygen atoms in total. The van der Waals surface area contributed by atoms with Crippen molar-refractivity contribution in [1.82, 2.24) is 0 Å². The summed E-state index contributed by atoms with van der Waals surface area (Å²) in [6, 6.07) is 10.4. The largest absolute Gasteiger partial charge is 0.322 e. The lowest BCUT2D eigenvalue weighted by atomic mass is 10.1. The summed E-state index contributed by atoms with van der Waals surface area (Å²) in [7, 11) is -3.71. The number of hydrogen-bond acceptors (Lipinski definition) is 5. The summed E-state index contributed by atoms with van der Waals surface area (Å²) < 4.78 is 37.0. The van der Waals surface area contributed by atoms with Gasteiger partial charge in [0.25, 0.3) is 5.91 Å². The first kappa shape index (κ1) is 17.1. The third-order valence-corrected chi connectivity index (χ3v) is 4.19. The van der Waals surface area contributed by atoms with Gasteiger partial charge in [0.1, 0.15) is 5.82 Å².